The first-order chi connectivity index (χ1) is 9.21. The first kappa shape index (κ1) is 12.9. The van der Waals surface area contributed by atoms with Gasteiger partial charge in [-0.1, -0.05) is 12.8 Å². The minimum absolute atomic E-state index is 0.605. The van der Waals surface area contributed by atoms with Crippen molar-refractivity contribution in [2.45, 2.75) is 52.0 Å². The van der Waals surface area contributed by atoms with Gasteiger partial charge in [-0.2, -0.15) is 0 Å². The maximum atomic E-state index is 5.77. The number of nitrogens with zero attached hydrogens (tertiary/aromatic N) is 2. The van der Waals surface area contributed by atoms with Crippen molar-refractivity contribution >= 4 is 5.82 Å². The quantitative estimate of drug-likeness (QED) is 0.887. The highest BCUT2D eigenvalue weighted by Crippen LogP contribution is 2.46. The Bertz CT molecular complexity index is 439. The molecule has 2 N–H and O–H groups in total. The summed E-state index contributed by atoms with van der Waals surface area (Å²) >= 11 is 0. The van der Waals surface area contributed by atoms with Crippen LogP contribution in [0.5, 0.6) is 0 Å². The third-order valence-electron chi connectivity index (χ3n) is 5.05. The van der Waals surface area contributed by atoms with E-state index in [1.54, 1.807) is 0 Å². The summed E-state index contributed by atoms with van der Waals surface area (Å²) in [5, 5.41) is 0. The predicted molar refractivity (Wildman–Crippen MR) is 79.2 cm³/mol. The number of hydrogen-bond donors (Lipinski definition) is 1. The van der Waals surface area contributed by atoms with Crippen LogP contribution in [0.4, 0.5) is 5.82 Å². The van der Waals surface area contributed by atoms with Crippen LogP contribution in [0.2, 0.25) is 0 Å². The number of anilines is 1. The molecule has 104 valence electrons. The normalized spacial score (nSPS) is 22.1. The van der Waals surface area contributed by atoms with E-state index in [-0.39, 0.29) is 0 Å². The van der Waals surface area contributed by atoms with Gasteiger partial charge in [-0.15, -0.1) is 0 Å². The van der Waals surface area contributed by atoms with Crippen LogP contribution in [0.15, 0.2) is 12.1 Å². The lowest BCUT2D eigenvalue weighted by molar-refractivity contribution is 0.226. The van der Waals surface area contributed by atoms with Gasteiger partial charge in [-0.05, 0) is 55.7 Å². The molecule has 0 amide bonds. The summed E-state index contributed by atoms with van der Waals surface area (Å²) < 4.78 is 0. The zero-order valence-corrected chi connectivity index (χ0v) is 12.0. The number of aromatic nitrogens is 1. The summed E-state index contributed by atoms with van der Waals surface area (Å²) in [7, 11) is 0. The van der Waals surface area contributed by atoms with E-state index in [2.05, 4.69) is 24.0 Å². The second kappa shape index (κ2) is 5.12. The average Bonchev–Trinajstić information content (AvgIpc) is 2.87. The minimum Gasteiger partial charge on any atom is -0.357 e. The largest absolute Gasteiger partial charge is 0.357 e. The van der Waals surface area contributed by atoms with Crippen molar-refractivity contribution in [3.8, 4) is 0 Å². The molecule has 2 heterocycles. The Morgan fingerprint density at radius 2 is 1.84 bits per heavy atom. The van der Waals surface area contributed by atoms with Crippen LogP contribution in [0, 0.1) is 12.3 Å². The molecule has 1 saturated heterocycles. The Balaban J connectivity index is 1.72. The molecule has 1 aliphatic carbocycles. The monoisotopic (exact) mass is 259 g/mol. The van der Waals surface area contributed by atoms with E-state index in [4.69, 9.17) is 10.7 Å². The fourth-order valence-electron chi connectivity index (χ4n) is 3.84. The van der Waals surface area contributed by atoms with Crippen LogP contribution < -0.4 is 10.6 Å². The number of nitrogens with two attached hydrogens (primary N) is 1. The Morgan fingerprint density at radius 1 is 1.16 bits per heavy atom. The summed E-state index contributed by atoms with van der Waals surface area (Å²) in [5.41, 5.74) is 8.72. The van der Waals surface area contributed by atoms with Gasteiger partial charge in [0.15, 0.2) is 0 Å². The molecule has 3 heteroatoms. The van der Waals surface area contributed by atoms with E-state index < -0.39 is 0 Å². The lowest BCUT2D eigenvalue weighted by Crippen LogP contribution is -2.39. The molecular weight excluding hydrogens is 234 g/mol. The van der Waals surface area contributed by atoms with Gasteiger partial charge in [0.25, 0.3) is 0 Å². The van der Waals surface area contributed by atoms with Gasteiger partial charge < -0.3 is 10.6 Å². The van der Waals surface area contributed by atoms with Crippen molar-refractivity contribution in [2.24, 2.45) is 11.1 Å². The number of rotatable bonds is 2. The zero-order valence-electron chi connectivity index (χ0n) is 12.0. The molecular formula is C16H25N3. The van der Waals surface area contributed by atoms with Gasteiger partial charge in [-0.25, -0.2) is 4.98 Å². The van der Waals surface area contributed by atoms with Gasteiger partial charge >= 0.3 is 0 Å². The Labute approximate surface area is 116 Å². The van der Waals surface area contributed by atoms with E-state index in [0.29, 0.717) is 12.0 Å². The maximum Gasteiger partial charge on any atom is 0.129 e. The number of piperidine rings is 1. The average molecular weight is 259 g/mol. The van der Waals surface area contributed by atoms with Crippen LogP contribution in [-0.4, -0.2) is 18.1 Å². The lowest BCUT2D eigenvalue weighted by atomic mass is 9.77. The van der Waals surface area contributed by atoms with Gasteiger partial charge in [0.2, 0.25) is 0 Å². The summed E-state index contributed by atoms with van der Waals surface area (Å²) in [6.07, 6.45) is 8.49. The third-order valence-corrected chi connectivity index (χ3v) is 5.05. The van der Waals surface area contributed by atoms with Crippen LogP contribution in [-0.2, 0) is 6.54 Å². The van der Waals surface area contributed by atoms with E-state index in [1.807, 2.05) is 0 Å². The molecule has 1 spiro atoms. The number of hydrogen-bond acceptors (Lipinski definition) is 3. The molecule has 0 aromatic carbocycles. The fraction of sp³-hybridized carbons (Fsp3) is 0.688. The second-order valence-electron chi connectivity index (χ2n) is 6.37. The zero-order chi connectivity index (χ0) is 13.3. The summed E-state index contributed by atoms with van der Waals surface area (Å²) in [5.74, 6) is 1.13. The molecule has 3 rings (SSSR count). The predicted octanol–water partition coefficient (Wildman–Crippen LogP) is 3.01. The molecule has 1 saturated carbocycles. The smallest absolute Gasteiger partial charge is 0.129 e. The van der Waals surface area contributed by atoms with Gasteiger partial charge in [0, 0.05) is 25.3 Å². The summed E-state index contributed by atoms with van der Waals surface area (Å²) in [6, 6.07) is 4.26. The Morgan fingerprint density at radius 3 is 2.47 bits per heavy atom. The molecule has 0 radical (unpaired) electrons. The number of pyridine rings is 1. The first-order valence-corrected chi connectivity index (χ1v) is 7.63. The van der Waals surface area contributed by atoms with Crippen LogP contribution in [0.1, 0.15) is 49.8 Å². The van der Waals surface area contributed by atoms with Crippen molar-refractivity contribution in [3.05, 3.63) is 23.4 Å². The standard InChI is InChI=1S/C16H25N3/c1-13-10-14(12-17)11-15(18-13)19-8-6-16(7-9-19)4-2-3-5-16/h10-11H,2-9,12,17H2,1H3. The van der Waals surface area contributed by atoms with Crippen molar-refractivity contribution < 1.29 is 0 Å². The molecule has 19 heavy (non-hydrogen) atoms. The molecule has 1 aromatic heterocycles. The highest BCUT2D eigenvalue weighted by atomic mass is 15.2. The van der Waals surface area contributed by atoms with Crippen molar-refractivity contribution in [3.63, 3.8) is 0 Å². The fourth-order valence-corrected chi connectivity index (χ4v) is 3.84. The first-order valence-electron chi connectivity index (χ1n) is 7.63. The van der Waals surface area contributed by atoms with Crippen molar-refractivity contribution in [2.75, 3.05) is 18.0 Å². The van der Waals surface area contributed by atoms with Gasteiger partial charge in [0.05, 0.1) is 0 Å². The minimum atomic E-state index is 0.605. The Hall–Kier alpha value is -1.09. The van der Waals surface area contributed by atoms with Crippen LogP contribution in [0.3, 0.4) is 0 Å². The van der Waals surface area contributed by atoms with Crippen LogP contribution >= 0.6 is 0 Å². The molecule has 1 aliphatic heterocycles. The molecule has 2 fully saturated rings. The Kier molecular flexibility index (Phi) is 3.48. The molecule has 2 aliphatic rings. The van der Waals surface area contributed by atoms with E-state index in [0.717, 1.165) is 11.5 Å². The van der Waals surface area contributed by atoms with E-state index >= 15 is 0 Å². The summed E-state index contributed by atoms with van der Waals surface area (Å²) in [6.45, 7) is 5.00. The highest BCUT2D eigenvalue weighted by Gasteiger charge is 2.37. The molecule has 3 nitrogen and oxygen atoms in total. The van der Waals surface area contributed by atoms with Crippen molar-refractivity contribution in [1.82, 2.24) is 4.98 Å². The molecule has 0 unspecified atom stereocenters. The molecule has 1 aromatic rings. The molecule has 0 bridgehead atoms. The van der Waals surface area contributed by atoms with Crippen LogP contribution in [0.25, 0.3) is 0 Å². The number of aryl methyl sites for hydroxylation is 1. The molecule has 0 atom stereocenters. The van der Waals surface area contributed by atoms with Gasteiger partial charge in [-0.3, -0.25) is 0 Å². The topological polar surface area (TPSA) is 42.1 Å². The van der Waals surface area contributed by atoms with Gasteiger partial charge in [0.1, 0.15) is 5.82 Å². The van der Waals surface area contributed by atoms with Crippen molar-refractivity contribution in [1.29, 1.82) is 0 Å². The van der Waals surface area contributed by atoms with E-state index in [1.165, 1.54) is 57.2 Å². The summed E-state index contributed by atoms with van der Waals surface area (Å²) in [4.78, 5) is 7.14. The third kappa shape index (κ3) is 2.62. The lowest BCUT2D eigenvalue weighted by Gasteiger charge is -2.40. The highest BCUT2D eigenvalue weighted by molar-refractivity contribution is 5.43. The SMILES string of the molecule is Cc1cc(CN)cc(N2CCC3(CCCC3)CC2)n1. The second-order valence-corrected chi connectivity index (χ2v) is 6.37. The van der Waals surface area contributed by atoms with E-state index in [9.17, 15) is 0 Å². The maximum absolute atomic E-state index is 5.77.